The first kappa shape index (κ1) is 25.5. The predicted octanol–water partition coefficient (Wildman–Crippen LogP) is 4.71. The lowest BCUT2D eigenvalue weighted by Gasteiger charge is -2.26. The summed E-state index contributed by atoms with van der Waals surface area (Å²) in [5, 5.41) is 11.3. The van der Waals surface area contributed by atoms with Gasteiger partial charge in [-0.2, -0.15) is 0 Å². The normalized spacial score (nSPS) is 17.8. The van der Waals surface area contributed by atoms with Crippen molar-refractivity contribution in [3.8, 4) is 5.75 Å². The molecule has 2 aromatic carbocycles. The molecule has 34 heavy (non-hydrogen) atoms. The molecule has 1 saturated heterocycles. The number of hydrogen-bond acceptors (Lipinski definition) is 5. The summed E-state index contributed by atoms with van der Waals surface area (Å²) in [7, 11) is 3.95. The summed E-state index contributed by atoms with van der Waals surface area (Å²) in [6.45, 7) is 9.88. The number of benzene rings is 2. The van der Waals surface area contributed by atoms with Crippen molar-refractivity contribution < 1.29 is 19.4 Å². The van der Waals surface area contributed by atoms with E-state index < -0.39 is 17.7 Å². The number of aliphatic hydroxyl groups excluding tert-OH is 1. The Labute approximate surface area is 202 Å². The van der Waals surface area contributed by atoms with Crippen molar-refractivity contribution >= 4 is 17.4 Å². The highest BCUT2D eigenvalue weighted by molar-refractivity contribution is 6.46. The number of amides is 1. The molecule has 1 fully saturated rings. The molecular formula is C28H36N2O4. The molecule has 0 spiro atoms. The minimum absolute atomic E-state index is 0.133. The second-order valence-electron chi connectivity index (χ2n) is 9.75. The molecule has 1 amide bonds. The van der Waals surface area contributed by atoms with Gasteiger partial charge < -0.3 is 19.6 Å². The van der Waals surface area contributed by atoms with Crippen LogP contribution in [0.15, 0.2) is 48.0 Å². The quantitative estimate of drug-likeness (QED) is 0.331. The number of hydrogen-bond donors (Lipinski definition) is 1. The Bertz CT molecular complexity index is 1070. The fourth-order valence-corrected chi connectivity index (χ4v) is 4.13. The maximum Gasteiger partial charge on any atom is 0.295 e. The lowest BCUT2D eigenvalue weighted by atomic mass is 9.94. The van der Waals surface area contributed by atoms with E-state index in [-0.39, 0.29) is 11.3 Å². The monoisotopic (exact) mass is 464 g/mol. The van der Waals surface area contributed by atoms with Gasteiger partial charge in [0.25, 0.3) is 11.7 Å². The Kier molecular flexibility index (Phi) is 8.15. The molecule has 6 heteroatoms. The van der Waals surface area contributed by atoms with Gasteiger partial charge >= 0.3 is 0 Å². The molecule has 1 N–H and O–H groups in total. The Morgan fingerprint density at radius 3 is 2.35 bits per heavy atom. The van der Waals surface area contributed by atoms with Crippen LogP contribution >= 0.6 is 0 Å². The zero-order valence-corrected chi connectivity index (χ0v) is 21.1. The summed E-state index contributed by atoms with van der Waals surface area (Å²) in [5.41, 5.74) is 3.38. The minimum Gasteiger partial charge on any atom is -0.507 e. The van der Waals surface area contributed by atoms with Gasteiger partial charge in [0.2, 0.25) is 0 Å². The fraction of sp³-hybridized carbons (Fsp3) is 0.429. The van der Waals surface area contributed by atoms with Gasteiger partial charge in [0, 0.05) is 12.1 Å². The van der Waals surface area contributed by atoms with E-state index in [2.05, 4.69) is 13.8 Å². The first-order valence-corrected chi connectivity index (χ1v) is 11.8. The van der Waals surface area contributed by atoms with E-state index in [9.17, 15) is 14.7 Å². The van der Waals surface area contributed by atoms with Gasteiger partial charge in [0.15, 0.2) is 0 Å². The molecule has 1 aliphatic heterocycles. The molecule has 0 bridgehead atoms. The van der Waals surface area contributed by atoms with Gasteiger partial charge in [-0.1, -0.05) is 43.7 Å². The topological polar surface area (TPSA) is 70.1 Å². The third kappa shape index (κ3) is 5.68. The van der Waals surface area contributed by atoms with E-state index in [1.54, 1.807) is 23.1 Å². The van der Waals surface area contributed by atoms with Crippen LogP contribution in [0.4, 0.5) is 0 Å². The van der Waals surface area contributed by atoms with E-state index in [4.69, 9.17) is 4.74 Å². The van der Waals surface area contributed by atoms with Crippen LogP contribution in [0.25, 0.3) is 5.76 Å². The highest BCUT2D eigenvalue weighted by Crippen LogP contribution is 2.40. The average Bonchev–Trinajstić information content (AvgIpc) is 3.03. The summed E-state index contributed by atoms with van der Waals surface area (Å²) >= 11 is 0. The molecular weight excluding hydrogens is 428 g/mol. The SMILES string of the molecule is Cc1ccc(C2C(=C(O)c3ccc(OCC(C)C)c(C)c3)C(=O)C(=O)N2CCCN(C)C)cc1. The van der Waals surface area contributed by atoms with Gasteiger partial charge in [-0.15, -0.1) is 0 Å². The second-order valence-corrected chi connectivity index (χ2v) is 9.75. The predicted molar refractivity (Wildman–Crippen MR) is 135 cm³/mol. The van der Waals surface area contributed by atoms with Gasteiger partial charge in [-0.25, -0.2) is 0 Å². The summed E-state index contributed by atoms with van der Waals surface area (Å²) in [4.78, 5) is 29.8. The lowest BCUT2D eigenvalue weighted by Crippen LogP contribution is -2.32. The lowest BCUT2D eigenvalue weighted by molar-refractivity contribution is -0.139. The number of likely N-dealkylation sites (tertiary alicyclic amines) is 1. The number of Topliss-reactive ketones (excluding diaryl/α,β-unsaturated/α-hetero) is 1. The van der Waals surface area contributed by atoms with Gasteiger partial charge in [-0.3, -0.25) is 9.59 Å². The first-order valence-electron chi connectivity index (χ1n) is 11.8. The van der Waals surface area contributed by atoms with E-state index in [0.717, 1.165) is 35.4 Å². The van der Waals surface area contributed by atoms with E-state index in [1.807, 2.05) is 57.1 Å². The number of aryl methyl sites for hydroxylation is 2. The van der Waals surface area contributed by atoms with Crippen LogP contribution in [0.3, 0.4) is 0 Å². The fourth-order valence-electron chi connectivity index (χ4n) is 4.13. The number of nitrogens with zero attached hydrogens (tertiary/aromatic N) is 2. The van der Waals surface area contributed by atoms with Crippen molar-refractivity contribution in [2.45, 2.75) is 40.2 Å². The van der Waals surface area contributed by atoms with Crippen LogP contribution in [0.1, 0.15) is 48.6 Å². The Morgan fingerprint density at radius 1 is 1.09 bits per heavy atom. The van der Waals surface area contributed by atoms with Crippen LogP contribution in [0.5, 0.6) is 5.75 Å². The van der Waals surface area contributed by atoms with Crippen LogP contribution in [0, 0.1) is 19.8 Å². The molecule has 0 radical (unpaired) electrons. The number of ketones is 1. The van der Waals surface area contributed by atoms with Crippen molar-refractivity contribution in [3.63, 3.8) is 0 Å². The second kappa shape index (κ2) is 10.9. The maximum absolute atomic E-state index is 13.2. The van der Waals surface area contributed by atoms with Crippen LogP contribution in [-0.2, 0) is 9.59 Å². The highest BCUT2D eigenvalue weighted by atomic mass is 16.5. The van der Waals surface area contributed by atoms with Crippen molar-refractivity contribution in [1.82, 2.24) is 9.80 Å². The van der Waals surface area contributed by atoms with E-state index in [1.165, 1.54) is 0 Å². The molecule has 182 valence electrons. The largest absolute Gasteiger partial charge is 0.507 e. The zero-order valence-electron chi connectivity index (χ0n) is 21.1. The third-order valence-corrected chi connectivity index (χ3v) is 5.96. The van der Waals surface area contributed by atoms with Crippen LogP contribution in [0.2, 0.25) is 0 Å². The smallest absolute Gasteiger partial charge is 0.295 e. The average molecular weight is 465 g/mol. The Balaban J connectivity index is 2.03. The first-order chi connectivity index (χ1) is 16.1. The molecule has 1 unspecified atom stereocenters. The summed E-state index contributed by atoms with van der Waals surface area (Å²) in [6, 6.07) is 12.5. The molecule has 2 aromatic rings. The molecule has 0 saturated carbocycles. The summed E-state index contributed by atoms with van der Waals surface area (Å²) < 4.78 is 5.85. The molecule has 3 rings (SSSR count). The number of aliphatic hydroxyl groups is 1. The number of carbonyl (C=O) groups is 2. The molecule has 1 aliphatic rings. The Morgan fingerprint density at radius 2 is 1.76 bits per heavy atom. The number of ether oxygens (including phenoxy) is 1. The zero-order chi connectivity index (χ0) is 25.0. The van der Waals surface area contributed by atoms with Crippen molar-refractivity contribution in [2.24, 2.45) is 5.92 Å². The van der Waals surface area contributed by atoms with E-state index >= 15 is 0 Å². The van der Waals surface area contributed by atoms with Gasteiger partial charge in [0.05, 0.1) is 18.2 Å². The summed E-state index contributed by atoms with van der Waals surface area (Å²) in [6.07, 6.45) is 0.726. The van der Waals surface area contributed by atoms with Crippen molar-refractivity contribution in [3.05, 3.63) is 70.3 Å². The molecule has 1 atom stereocenters. The van der Waals surface area contributed by atoms with Crippen molar-refractivity contribution in [1.29, 1.82) is 0 Å². The minimum atomic E-state index is -0.647. The van der Waals surface area contributed by atoms with Gasteiger partial charge in [0.1, 0.15) is 11.5 Å². The third-order valence-electron chi connectivity index (χ3n) is 5.96. The standard InChI is InChI=1S/C28H36N2O4/c1-18(2)17-34-23-13-12-22(16-20(23)4)26(31)24-25(21-10-8-19(3)9-11-21)30(28(33)27(24)32)15-7-14-29(5)6/h8-13,16,18,25,31H,7,14-15,17H2,1-6H3. The summed E-state index contributed by atoms with van der Waals surface area (Å²) in [5.74, 6) is -0.238. The number of rotatable bonds is 9. The molecule has 6 nitrogen and oxygen atoms in total. The highest BCUT2D eigenvalue weighted by Gasteiger charge is 2.45. The Hall–Kier alpha value is -3.12. The molecule has 0 aromatic heterocycles. The van der Waals surface area contributed by atoms with Gasteiger partial charge in [-0.05, 0) is 76.2 Å². The van der Waals surface area contributed by atoms with E-state index in [0.29, 0.717) is 24.6 Å². The van der Waals surface area contributed by atoms with Crippen LogP contribution < -0.4 is 4.74 Å². The molecule has 1 heterocycles. The maximum atomic E-state index is 13.2. The van der Waals surface area contributed by atoms with Crippen molar-refractivity contribution in [2.75, 3.05) is 33.8 Å². The molecule has 0 aliphatic carbocycles. The number of carbonyl (C=O) groups excluding carboxylic acids is 2. The van der Waals surface area contributed by atoms with Crippen LogP contribution in [-0.4, -0.2) is 60.4 Å².